The maximum atomic E-state index is 6.94. The van der Waals surface area contributed by atoms with Crippen molar-refractivity contribution in [2.45, 2.75) is 10.8 Å². The highest BCUT2D eigenvalue weighted by molar-refractivity contribution is 7.26. The number of furan rings is 2. The highest BCUT2D eigenvalue weighted by atomic mass is 32.1. The van der Waals surface area contributed by atoms with Crippen LogP contribution in [-0.4, -0.2) is 0 Å². The summed E-state index contributed by atoms with van der Waals surface area (Å²) in [6, 6.07) is 126. The topological polar surface area (TPSA) is 51.2 Å². The second-order valence-corrected chi connectivity index (χ2v) is 30.1. The molecule has 8 heteroatoms. The van der Waals surface area contributed by atoms with Gasteiger partial charge in [0, 0.05) is 90.4 Å². The second kappa shape index (κ2) is 22.6. The minimum absolute atomic E-state index is 0.553. The Morgan fingerprint density at radius 3 is 1.13 bits per heavy atom. The van der Waals surface area contributed by atoms with Gasteiger partial charge in [0.15, 0.2) is 0 Å². The summed E-state index contributed by atoms with van der Waals surface area (Å²) >= 11 is 3.69. The fraction of sp³-hybridized carbons (Fsp3) is 0.0204. The van der Waals surface area contributed by atoms with Crippen molar-refractivity contribution < 1.29 is 18.3 Å². The summed E-state index contributed by atoms with van der Waals surface area (Å²) in [5.74, 6) is 3.54. The van der Waals surface area contributed by atoms with Crippen LogP contribution in [0.4, 0.5) is 34.1 Å². The molecule has 4 aromatic heterocycles. The number of anilines is 6. The number of fused-ring (bicyclic) bond motifs is 30. The molecule has 0 saturated heterocycles. The average Bonchev–Trinajstić information content (AvgIpc) is 1.50. The summed E-state index contributed by atoms with van der Waals surface area (Å²) in [6.07, 6.45) is 0. The molecule has 0 amide bonds. The van der Waals surface area contributed by atoms with Crippen molar-refractivity contribution >= 4 is 141 Å². The molecule has 6 heterocycles. The van der Waals surface area contributed by atoms with Crippen LogP contribution in [0.3, 0.4) is 0 Å². The third-order valence-electron chi connectivity index (χ3n) is 22.6. The summed E-state index contributed by atoms with van der Waals surface area (Å²) < 4.78 is 32.1. The first-order chi connectivity index (χ1) is 52.6. The van der Waals surface area contributed by atoms with Gasteiger partial charge in [-0.05, 0) is 184 Å². The molecule has 16 aromatic carbocycles. The van der Waals surface area contributed by atoms with Crippen molar-refractivity contribution in [1.29, 1.82) is 0 Å². The molecule has 4 aliphatic rings. The molecule has 20 aromatic rings. The maximum absolute atomic E-state index is 6.94. The second-order valence-electron chi connectivity index (χ2n) is 27.9. The molecule has 0 N–H and O–H groups in total. The van der Waals surface area contributed by atoms with Crippen molar-refractivity contribution in [2.75, 3.05) is 9.80 Å². The minimum atomic E-state index is -0.556. The predicted octanol–water partition coefficient (Wildman–Crippen LogP) is 27.8. The molecule has 0 unspecified atom stereocenters. The minimum Gasteiger partial charge on any atom is -0.457 e. The van der Waals surface area contributed by atoms with Crippen LogP contribution in [-0.2, 0) is 10.8 Å². The van der Waals surface area contributed by atoms with Gasteiger partial charge in [-0.15, -0.1) is 22.7 Å². The molecule has 0 radical (unpaired) electrons. The Kier molecular flexibility index (Phi) is 12.7. The van der Waals surface area contributed by atoms with Crippen LogP contribution in [0.2, 0.25) is 0 Å². The summed E-state index contributed by atoms with van der Waals surface area (Å²) in [6.45, 7) is 0. The number of thiophene rings is 2. The lowest BCUT2D eigenvalue weighted by atomic mass is 9.66. The molecule has 0 atom stereocenters. The van der Waals surface area contributed by atoms with Gasteiger partial charge in [-0.25, -0.2) is 0 Å². The monoisotopic (exact) mass is 1390 g/mol. The van der Waals surface area contributed by atoms with Gasteiger partial charge >= 0.3 is 0 Å². The zero-order chi connectivity index (χ0) is 69.3. The van der Waals surface area contributed by atoms with Gasteiger partial charge in [0.1, 0.15) is 45.3 Å². The first-order valence-corrected chi connectivity index (χ1v) is 37.6. The van der Waals surface area contributed by atoms with Gasteiger partial charge in [0.05, 0.1) is 38.7 Å². The van der Waals surface area contributed by atoms with Crippen molar-refractivity contribution in [1.82, 2.24) is 0 Å². The lowest BCUT2D eigenvalue weighted by molar-refractivity contribution is 0.436. The van der Waals surface area contributed by atoms with Crippen LogP contribution in [0.25, 0.3) is 106 Å². The van der Waals surface area contributed by atoms with Gasteiger partial charge in [0.25, 0.3) is 0 Å². The van der Waals surface area contributed by atoms with Gasteiger partial charge in [-0.3, -0.25) is 0 Å². The van der Waals surface area contributed by atoms with Crippen LogP contribution in [0.1, 0.15) is 44.5 Å². The molecule has 0 bridgehead atoms. The van der Waals surface area contributed by atoms with Gasteiger partial charge < -0.3 is 28.1 Å². The summed E-state index contributed by atoms with van der Waals surface area (Å²) in [4.78, 5) is 4.81. The molecule has 2 aliphatic heterocycles. The van der Waals surface area contributed by atoms with E-state index in [1.165, 1.54) is 84.9 Å². The Bertz CT molecular complexity index is 6990. The molecular formula is C98H58N2O4S2. The van der Waals surface area contributed by atoms with E-state index < -0.39 is 10.8 Å². The first kappa shape index (κ1) is 59.3. The fourth-order valence-corrected chi connectivity index (χ4v) is 20.7. The number of hydrogen-bond acceptors (Lipinski definition) is 8. The number of rotatable bonds is 6. The number of nitrogens with zero attached hydrogens (tertiary/aromatic N) is 2. The first-order valence-electron chi connectivity index (χ1n) is 36.0. The Morgan fingerprint density at radius 2 is 0.604 bits per heavy atom. The Hall–Kier alpha value is -13.2. The van der Waals surface area contributed by atoms with E-state index in [4.69, 9.17) is 18.3 Å². The molecule has 2 spiro atoms. The molecule has 106 heavy (non-hydrogen) atoms. The normalized spacial score (nSPS) is 13.6. The van der Waals surface area contributed by atoms with E-state index in [0.717, 1.165) is 123 Å². The highest BCUT2D eigenvalue weighted by Gasteiger charge is 2.53. The molecular weight excluding hydrogens is 1330 g/mol. The van der Waals surface area contributed by atoms with Crippen LogP contribution in [0.5, 0.6) is 23.0 Å². The van der Waals surface area contributed by atoms with E-state index in [1.54, 1.807) is 0 Å². The maximum Gasteiger partial charge on any atom is 0.137 e. The van der Waals surface area contributed by atoms with Crippen LogP contribution in [0, 0.1) is 0 Å². The van der Waals surface area contributed by atoms with E-state index >= 15 is 0 Å². The van der Waals surface area contributed by atoms with Crippen LogP contribution >= 0.6 is 22.7 Å². The number of para-hydroxylation sites is 6. The zero-order valence-corrected chi connectivity index (χ0v) is 58.5. The lowest BCUT2D eigenvalue weighted by Gasteiger charge is -2.39. The van der Waals surface area contributed by atoms with Crippen molar-refractivity contribution in [2.24, 2.45) is 0 Å². The summed E-state index contributed by atoms with van der Waals surface area (Å²) in [5.41, 5.74) is 23.4. The predicted molar refractivity (Wildman–Crippen MR) is 437 cm³/mol. The zero-order valence-electron chi connectivity index (χ0n) is 56.8. The lowest BCUT2D eigenvalue weighted by Crippen LogP contribution is -2.32. The van der Waals surface area contributed by atoms with Crippen molar-refractivity contribution in [3.63, 3.8) is 0 Å². The highest BCUT2D eigenvalue weighted by Crippen LogP contribution is 2.66. The number of hydrogen-bond donors (Lipinski definition) is 0. The molecule has 0 saturated carbocycles. The third-order valence-corrected chi connectivity index (χ3v) is 24.9. The molecule has 496 valence electrons. The van der Waals surface area contributed by atoms with Crippen LogP contribution < -0.4 is 19.3 Å². The number of ether oxygens (including phenoxy) is 2. The van der Waals surface area contributed by atoms with Crippen molar-refractivity contribution in [3.8, 4) is 45.3 Å². The van der Waals surface area contributed by atoms with E-state index in [9.17, 15) is 0 Å². The molecule has 6 nitrogen and oxygen atoms in total. The van der Waals surface area contributed by atoms with E-state index in [0.29, 0.717) is 0 Å². The SMILES string of the molecule is c1ccc(N(c2ccc3sc4ccccc4c3c2)c2cccc3oc4cc5c(cc4c23)-c2ccccc2C52c3ccccc3Oc3ccccc32)cc1.c1ccc(N(c2cccc3oc4cc5c(cc4c23)-c2ccccc2C52c3ccccc3Oc3ccccc32)c2cccc3sc4ccccc4c23)cc1. The van der Waals surface area contributed by atoms with E-state index in [-0.39, 0.29) is 0 Å². The molecule has 2 aliphatic carbocycles. The number of benzene rings is 16. The average molecular weight is 1390 g/mol. The quantitative estimate of drug-likeness (QED) is 0.165. The molecule has 0 fully saturated rings. The van der Waals surface area contributed by atoms with Gasteiger partial charge in [-0.1, -0.05) is 212 Å². The van der Waals surface area contributed by atoms with E-state index in [1.807, 2.05) is 22.7 Å². The van der Waals surface area contributed by atoms with E-state index in [2.05, 4.69) is 362 Å². The fourth-order valence-electron chi connectivity index (χ4n) is 18.5. The smallest absolute Gasteiger partial charge is 0.137 e. The largest absolute Gasteiger partial charge is 0.457 e. The standard InChI is InChI=1S/2C49H29NO2S/c1-2-14-30(15-3-1)50(40-22-13-27-46-48(40)32-17-5-11-26-45(32)53-46)39-21-12-25-43-47(39)34-28-33-31-16-4-6-18-35(31)49(38(33)29-44(34)52-43)36-19-7-9-23-41(36)51-42-24-10-8-20-37(42)49;1-2-13-30(14-3-1)50(31-25-26-47-35(27-31)33-16-5-11-24-46(33)53-47)41-20-12-23-44-48(41)36-28-34-32-15-4-6-17-37(32)49(40(34)29-45(36)52-44)38-18-7-9-21-42(38)51-43-22-10-8-19-39(43)49/h2*1-29H. The van der Waals surface area contributed by atoms with Gasteiger partial charge in [-0.2, -0.15) is 0 Å². The Morgan fingerprint density at radius 1 is 0.217 bits per heavy atom. The third kappa shape index (κ3) is 8.25. The van der Waals surface area contributed by atoms with Crippen molar-refractivity contribution in [3.05, 3.63) is 396 Å². The molecule has 24 rings (SSSR count). The summed E-state index contributed by atoms with van der Waals surface area (Å²) in [7, 11) is 0. The van der Waals surface area contributed by atoms with Gasteiger partial charge in [0.2, 0.25) is 0 Å². The van der Waals surface area contributed by atoms with Crippen LogP contribution in [0.15, 0.2) is 361 Å². The Labute approximate surface area is 617 Å². The summed E-state index contributed by atoms with van der Waals surface area (Å²) in [5, 5.41) is 9.46. The Balaban J connectivity index is 0.000000129.